The van der Waals surface area contributed by atoms with Gasteiger partial charge in [-0.05, 0) is 38.4 Å². The summed E-state index contributed by atoms with van der Waals surface area (Å²) in [7, 11) is 0. The first-order chi connectivity index (χ1) is 6.77. The molecule has 0 spiro atoms. The Morgan fingerprint density at radius 3 is 2.27 bits per heavy atom. The molecule has 0 aromatic rings. The average Bonchev–Trinajstić information content (AvgIpc) is 2.11. The van der Waals surface area contributed by atoms with Crippen LogP contribution in [0.2, 0.25) is 0 Å². The standard InChI is InChI=1S/C12H24O2S/c1-9(2)10(3)15-8-6-7-12(4,5)11(13)14/h9-10H,6-8H2,1-5H3,(H,13,14). The van der Waals surface area contributed by atoms with E-state index in [1.54, 1.807) is 13.8 Å². The fourth-order valence-electron chi connectivity index (χ4n) is 1.08. The van der Waals surface area contributed by atoms with E-state index in [1.165, 1.54) is 0 Å². The van der Waals surface area contributed by atoms with Crippen LogP contribution in [-0.4, -0.2) is 22.1 Å². The van der Waals surface area contributed by atoms with Crippen molar-refractivity contribution in [2.24, 2.45) is 11.3 Å². The maximum atomic E-state index is 10.9. The number of thioether (sulfide) groups is 1. The van der Waals surface area contributed by atoms with Gasteiger partial charge >= 0.3 is 5.97 Å². The molecular formula is C12H24O2S. The minimum atomic E-state index is -0.690. The molecule has 0 aliphatic heterocycles. The fraction of sp³-hybridized carbons (Fsp3) is 0.917. The Morgan fingerprint density at radius 2 is 1.87 bits per heavy atom. The maximum absolute atomic E-state index is 10.9. The molecule has 1 atom stereocenters. The second-order valence-electron chi connectivity index (χ2n) is 5.11. The van der Waals surface area contributed by atoms with Gasteiger partial charge < -0.3 is 5.11 Å². The molecule has 0 saturated carbocycles. The van der Waals surface area contributed by atoms with Crippen molar-refractivity contribution in [3.63, 3.8) is 0 Å². The van der Waals surface area contributed by atoms with Crippen LogP contribution < -0.4 is 0 Å². The third kappa shape index (κ3) is 6.08. The van der Waals surface area contributed by atoms with Gasteiger partial charge in [0.05, 0.1) is 5.41 Å². The number of carbonyl (C=O) groups is 1. The van der Waals surface area contributed by atoms with Gasteiger partial charge in [-0.3, -0.25) is 4.79 Å². The monoisotopic (exact) mass is 232 g/mol. The fourth-order valence-corrected chi connectivity index (χ4v) is 2.15. The average molecular weight is 232 g/mol. The normalized spacial score (nSPS) is 14.3. The summed E-state index contributed by atoms with van der Waals surface area (Å²) in [6.45, 7) is 10.3. The Kier molecular flexibility index (Phi) is 6.34. The Labute approximate surface area is 97.8 Å². The summed E-state index contributed by atoms with van der Waals surface area (Å²) in [5.74, 6) is 1.07. The van der Waals surface area contributed by atoms with E-state index in [0.29, 0.717) is 11.2 Å². The molecule has 0 aromatic carbocycles. The van der Waals surface area contributed by atoms with E-state index in [-0.39, 0.29) is 0 Å². The molecule has 0 aromatic heterocycles. The molecule has 0 heterocycles. The SMILES string of the molecule is CC(C)C(C)SCCCC(C)(C)C(=O)O. The third-order valence-corrected chi connectivity index (χ3v) is 4.44. The number of carboxylic acid groups (broad SMARTS) is 1. The van der Waals surface area contributed by atoms with Crippen molar-refractivity contribution in [1.82, 2.24) is 0 Å². The Balaban J connectivity index is 3.68. The van der Waals surface area contributed by atoms with E-state index in [9.17, 15) is 4.79 Å². The second-order valence-corrected chi connectivity index (χ2v) is 6.60. The predicted molar refractivity (Wildman–Crippen MR) is 67.4 cm³/mol. The maximum Gasteiger partial charge on any atom is 0.309 e. The molecular weight excluding hydrogens is 208 g/mol. The molecule has 0 aliphatic rings. The summed E-state index contributed by atoms with van der Waals surface area (Å²) in [5, 5.41) is 9.60. The highest BCUT2D eigenvalue weighted by molar-refractivity contribution is 7.99. The zero-order valence-corrected chi connectivity index (χ0v) is 11.4. The lowest BCUT2D eigenvalue weighted by Crippen LogP contribution is -2.23. The summed E-state index contributed by atoms with van der Waals surface area (Å²) in [5.41, 5.74) is -0.568. The number of aliphatic carboxylic acids is 1. The van der Waals surface area contributed by atoms with E-state index >= 15 is 0 Å². The summed E-state index contributed by atoms with van der Waals surface area (Å²) in [4.78, 5) is 10.9. The summed E-state index contributed by atoms with van der Waals surface area (Å²) in [6.07, 6.45) is 1.75. The number of hydrogen-bond donors (Lipinski definition) is 1. The van der Waals surface area contributed by atoms with Crippen molar-refractivity contribution >= 4 is 17.7 Å². The number of rotatable bonds is 7. The molecule has 0 saturated heterocycles. The zero-order chi connectivity index (χ0) is 12.1. The molecule has 0 aliphatic carbocycles. The van der Waals surface area contributed by atoms with Gasteiger partial charge in [0.15, 0.2) is 0 Å². The first kappa shape index (κ1) is 14.8. The lowest BCUT2D eigenvalue weighted by molar-refractivity contribution is -0.147. The summed E-state index contributed by atoms with van der Waals surface area (Å²) in [6, 6.07) is 0. The lowest BCUT2D eigenvalue weighted by atomic mass is 9.88. The van der Waals surface area contributed by atoms with Crippen molar-refractivity contribution in [2.75, 3.05) is 5.75 Å². The highest BCUT2D eigenvalue weighted by Crippen LogP contribution is 2.26. The van der Waals surface area contributed by atoms with E-state index < -0.39 is 11.4 Å². The first-order valence-electron chi connectivity index (χ1n) is 5.62. The highest BCUT2D eigenvalue weighted by Gasteiger charge is 2.26. The van der Waals surface area contributed by atoms with Crippen LogP contribution in [0.5, 0.6) is 0 Å². The Morgan fingerprint density at radius 1 is 1.33 bits per heavy atom. The number of hydrogen-bond acceptors (Lipinski definition) is 2. The van der Waals surface area contributed by atoms with Gasteiger partial charge in [-0.1, -0.05) is 20.8 Å². The van der Waals surface area contributed by atoms with E-state index in [2.05, 4.69) is 20.8 Å². The van der Waals surface area contributed by atoms with Crippen LogP contribution in [0.3, 0.4) is 0 Å². The molecule has 1 unspecified atom stereocenters. The van der Waals surface area contributed by atoms with Crippen LogP contribution in [0.4, 0.5) is 0 Å². The van der Waals surface area contributed by atoms with Crippen LogP contribution >= 0.6 is 11.8 Å². The predicted octanol–water partition coefficient (Wildman–Crippen LogP) is 3.66. The zero-order valence-electron chi connectivity index (χ0n) is 10.5. The molecule has 2 nitrogen and oxygen atoms in total. The van der Waals surface area contributed by atoms with Crippen molar-refractivity contribution in [3.8, 4) is 0 Å². The van der Waals surface area contributed by atoms with Crippen LogP contribution in [0.15, 0.2) is 0 Å². The molecule has 1 N–H and O–H groups in total. The highest BCUT2D eigenvalue weighted by atomic mass is 32.2. The number of carboxylic acids is 1. The van der Waals surface area contributed by atoms with Gasteiger partial charge in [0, 0.05) is 5.25 Å². The first-order valence-corrected chi connectivity index (χ1v) is 6.67. The van der Waals surface area contributed by atoms with Gasteiger partial charge in [-0.15, -0.1) is 0 Å². The molecule has 90 valence electrons. The topological polar surface area (TPSA) is 37.3 Å². The quantitative estimate of drug-likeness (QED) is 0.681. The third-order valence-electron chi connectivity index (χ3n) is 2.84. The smallest absolute Gasteiger partial charge is 0.309 e. The van der Waals surface area contributed by atoms with Crippen molar-refractivity contribution in [2.45, 2.75) is 52.7 Å². The van der Waals surface area contributed by atoms with E-state index in [4.69, 9.17) is 5.11 Å². The minimum absolute atomic E-state index is 0.568. The molecule has 3 heteroatoms. The molecule has 0 bridgehead atoms. The van der Waals surface area contributed by atoms with E-state index in [0.717, 1.165) is 18.6 Å². The summed E-state index contributed by atoms with van der Waals surface area (Å²) < 4.78 is 0. The van der Waals surface area contributed by atoms with Crippen molar-refractivity contribution in [1.29, 1.82) is 0 Å². The van der Waals surface area contributed by atoms with Crippen LogP contribution in [0.1, 0.15) is 47.5 Å². The second kappa shape index (κ2) is 6.41. The molecule has 0 fully saturated rings. The Hall–Kier alpha value is -0.180. The van der Waals surface area contributed by atoms with Gasteiger partial charge in [0.2, 0.25) is 0 Å². The Bertz CT molecular complexity index is 200. The molecule has 0 radical (unpaired) electrons. The molecule has 15 heavy (non-hydrogen) atoms. The molecule has 0 amide bonds. The van der Waals surface area contributed by atoms with E-state index in [1.807, 2.05) is 11.8 Å². The van der Waals surface area contributed by atoms with Gasteiger partial charge in [0.25, 0.3) is 0 Å². The lowest BCUT2D eigenvalue weighted by Gasteiger charge is -2.20. The minimum Gasteiger partial charge on any atom is -0.481 e. The van der Waals surface area contributed by atoms with Gasteiger partial charge in [-0.25, -0.2) is 0 Å². The van der Waals surface area contributed by atoms with Crippen LogP contribution in [0, 0.1) is 11.3 Å². The van der Waals surface area contributed by atoms with Crippen LogP contribution in [0.25, 0.3) is 0 Å². The largest absolute Gasteiger partial charge is 0.481 e. The van der Waals surface area contributed by atoms with Gasteiger partial charge in [0.1, 0.15) is 0 Å². The van der Waals surface area contributed by atoms with Crippen molar-refractivity contribution in [3.05, 3.63) is 0 Å². The van der Waals surface area contributed by atoms with Gasteiger partial charge in [-0.2, -0.15) is 11.8 Å². The summed E-state index contributed by atoms with van der Waals surface area (Å²) >= 11 is 1.94. The molecule has 0 rings (SSSR count). The van der Waals surface area contributed by atoms with Crippen LogP contribution in [-0.2, 0) is 4.79 Å². The van der Waals surface area contributed by atoms with Crippen molar-refractivity contribution < 1.29 is 9.90 Å².